The van der Waals surface area contributed by atoms with Crippen LogP contribution >= 0.6 is 0 Å². The Morgan fingerprint density at radius 2 is 2.04 bits per heavy atom. The number of hydrogen-bond acceptors (Lipinski definition) is 5. The van der Waals surface area contributed by atoms with Gasteiger partial charge in [0.05, 0.1) is 16.4 Å². The van der Waals surface area contributed by atoms with Crippen LogP contribution in [0.15, 0.2) is 30.6 Å². The number of hydrogen-bond donors (Lipinski definition) is 1. The van der Waals surface area contributed by atoms with Gasteiger partial charge in [0.15, 0.2) is 0 Å². The molecule has 2 heterocycles. The largest absolute Gasteiger partial charge is 0.391 e. The van der Waals surface area contributed by atoms with E-state index in [0.29, 0.717) is 11.9 Å². The van der Waals surface area contributed by atoms with Crippen LogP contribution in [-0.4, -0.2) is 34.2 Å². The number of nitrogens with zero attached hydrogens (tertiary/aromatic N) is 3. The normalized spacial score (nSPS) is 21.9. The Bertz CT molecular complexity index is 770. The Morgan fingerprint density at radius 3 is 2.67 bits per heavy atom. The van der Waals surface area contributed by atoms with E-state index >= 15 is 0 Å². The molecule has 0 spiro atoms. The number of anilines is 1. The molecule has 128 valence electrons. The van der Waals surface area contributed by atoms with E-state index in [1.165, 1.54) is 12.3 Å². The Hall–Kier alpha value is -2.21. The molecule has 0 amide bonds. The molecular formula is C18H23N3O3. The average molecular weight is 329 g/mol. The van der Waals surface area contributed by atoms with E-state index in [9.17, 15) is 15.2 Å². The van der Waals surface area contributed by atoms with Gasteiger partial charge in [-0.05, 0) is 29.9 Å². The predicted molar refractivity (Wildman–Crippen MR) is 94.2 cm³/mol. The summed E-state index contributed by atoms with van der Waals surface area (Å²) in [5, 5.41) is 23.2. The molecular weight excluding hydrogens is 306 g/mol. The van der Waals surface area contributed by atoms with Gasteiger partial charge in [0.25, 0.3) is 5.69 Å². The molecule has 24 heavy (non-hydrogen) atoms. The van der Waals surface area contributed by atoms with Crippen LogP contribution in [0.5, 0.6) is 0 Å². The number of piperidine rings is 1. The Morgan fingerprint density at radius 1 is 1.29 bits per heavy atom. The number of aromatic nitrogens is 1. The summed E-state index contributed by atoms with van der Waals surface area (Å²) < 4.78 is 0. The van der Waals surface area contributed by atoms with Gasteiger partial charge in [-0.2, -0.15) is 0 Å². The fraction of sp³-hybridized carbons (Fsp3) is 0.500. The molecule has 1 fully saturated rings. The van der Waals surface area contributed by atoms with Gasteiger partial charge in [-0.15, -0.1) is 0 Å². The molecule has 1 aromatic carbocycles. The lowest BCUT2D eigenvalue weighted by Crippen LogP contribution is -2.48. The Labute approximate surface area is 141 Å². The van der Waals surface area contributed by atoms with Crippen molar-refractivity contribution in [2.45, 2.75) is 33.3 Å². The van der Waals surface area contributed by atoms with E-state index in [-0.39, 0.29) is 21.9 Å². The molecule has 6 heteroatoms. The fourth-order valence-corrected chi connectivity index (χ4v) is 3.75. The first kappa shape index (κ1) is 16.6. The highest BCUT2D eigenvalue weighted by molar-refractivity contribution is 5.99. The number of fused-ring (bicyclic) bond motifs is 1. The average Bonchev–Trinajstić information content (AvgIpc) is 2.52. The van der Waals surface area contributed by atoms with Crippen LogP contribution in [0.4, 0.5) is 11.4 Å². The van der Waals surface area contributed by atoms with Crippen LogP contribution in [-0.2, 0) is 0 Å². The highest BCUT2D eigenvalue weighted by Crippen LogP contribution is 2.38. The first-order valence-corrected chi connectivity index (χ1v) is 8.23. The zero-order valence-electron chi connectivity index (χ0n) is 14.3. The maximum absolute atomic E-state index is 11.2. The van der Waals surface area contributed by atoms with Crippen molar-refractivity contribution in [1.82, 2.24) is 4.98 Å². The summed E-state index contributed by atoms with van der Waals surface area (Å²) in [6, 6.07) is 5.12. The van der Waals surface area contributed by atoms with Crippen molar-refractivity contribution in [3.63, 3.8) is 0 Å². The number of β-amino-alcohol motifs (C(OH)–C–C–N with tert-alkyl or cyclic N) is 1. The zero-order valence-corrected chi connectivity index (χ0v) is 14.3. The van der Waals surface area contributed by atoms with Crippen LogP contribution in [0.25, 0.3) is 10.8 Å². The SMILES string of the molecule is CC(C)(C)[C@@H]1CCN(c2ccc([N+](=O)[O-])c3cnccc23)C[C@H]1O. The van der Waals surface area contributed by atoms with Gasteiger partial charge in [-0.1, -0.05) is 20.8 Å². The highest BCUT2D eigenvalue weighted by atomic mass is 16.6. The Kier molecular flexibility index (Phi) is 4.17. The number of aliphatic hydroxyl groups excluding tert-OH is 1. The lowest BCUT2D eigenvalue weighted by molar-refractivity contribution is -0.383. The lowest BCUT2D eigenvalue weighted by Gasteiger charge is -2.43. The molecule has 1 aromatic heterocycles. The minimum atomic E-state index is -0.411. The summed E-state index contributed by atoms with van der Waals surface area (Å²) in [5.41, 5.74) is 1.05. The summed E-state index contributed by atoms with van der Waals surface area (Å²) in [4.78, 5) is 17.0. The van der Waals surface area contributed by atoms with Gasteiger partial charge >= 0.3 is 0 Å². The molecule has 2 aromatic rings. The maximum Gasteiger partial charge on any atom is 0.278 e. The molecule has 6 nitrogen and oxygen atoms in total. The van der Waals surface area contributed by atoms with Crippen LogP contribution in [0.1, 0.15) is 27.2 Å². The molecule has 0 radical (unpaired) electrons. The molecule has 1 saturated heterocycles. The molecule has 1 aliphatic rings. The summed E-state index contributed by atoms with van der Waals surface area (Å²) in [6.45, 7) is 7.84. The van der Waals surface area contributed by atoms with Crippen molar-refractivity contribution in [3.8, 4) is 0 Å². The minimum Gasteiger partial charge on any atom is -0.391 e. The summed E-state index contributed by atoms with van der Waals surface area (Å²) >= 11 is 0. The standard InChI is InChI=1S/C18H23N3O3/c1-18(2,3)14-7-9-20(11-17(14)22)15-4-5-16(21(23)24)13-10-19-8-6-12(13)15/h4-6,8,10,14,17,22H,7,9,11H2,1-3H3/t14-,17-/m1/s1. The zero-order chi connectivity index (χ0) is 17.5. The van der Waals surface area contributed by atoms with E-state index in [0.717, 1.165) is 24.0 Å². The molecule has 0 saturated carbocycles. The summed E-state index contributed by atoms with van der Waals surface area (Å²) in [5.74, 6) is 0.250. The predicted octanol–water partition coefficient (Wildman–Crippen LogP) is 3.38. The summed E-state index contributed by atoms with van der Waals surface area (Å²) in [7, 11) is 0. The van der Waals surface area contributed by atoms with Crippen LogP contribution in [0.3, 0.4) is 0 Å². The molecule has 1 N–H and O–H groups in total. The number of non-ortho nitro benzene ring substituents is 1. The number of nitro benzene ring substituents is 1. The van der Waals surface area contributed by atoms with Crippen LogP contribution < -0.4 is 4.90 Å². The van der Waals surface area contributed by atoms with Crippen molar-refractivity contribution >= 4 is 22.1 Å². The second-order valence-corrected chi connectivity index (χ2v) is 7.56. The molecule has 2 atom stereocenters. The summed E-state index contributed by atoms with van der Waals surface area (Å²) in [6.07, 6.45) is 3.67. The van der Waals surface area contributed by atoms with Crippen molar-refractivity contribution in [1.29, 1.82) is 0 Å². The van der Waals surface area contributed by atoms with E-state index < -0.39 is 6.10 Å². The number of aliphatic hydroxyl groups is 1. The fourth-order valence-electron chi connectivity index (χ4n) is 3.75. The van der Waals surface area contributed by atoms with E-state index in [2.05, 4.69) is 30.7 Å². The minimum absolute atomic E-state index is 0.0620. The highest BCUT2D eigenvalue weighted by Gasteiger charge is 2.36. The smallest absolute Gasteiger partial charge is 0.278 e. The molecule has 0 aliphatic carbocycles. The van der Waals surface area contributed by atoms with Gasteiger partial charge in [-0.3, -0.25) is 15.1 Å². The van der Waals surface area contributed by atoms with Crippen LogP contribution in [0.2, 0.25) is 0 Å². The number of rotatable bonds is 2. The van der Waals surface area contributed by atoms with E-state index in [1.807, 2.05) is 0 Å². The second-order valence-electron chi connectivity index (χ2n) is 7.56. The maximum atomic E-state index is 11.2. The first-order valence-electron chi connectivity index (χ1n) is 8.23. The van der Waals surface area contributed by atoms with Gasteiger partial charge in [0.2, 0.25) is 0 Å². The molecule has 3 rings (SSSR count). The van der Waals surface area contributed by atoms with Gasteiger partial charge < -0.3 is 10.0 Å². The van der Waals surface area contributed by atoms with Gasteiger partial charge in [0.1, 0.15) is 0 Å². The third-order valence-corrected chi connectivity index (χ3v) is 5.00. The first-order chi connectivity index (χ1) is 11.3. The topological polar surface area (TPSA) is 79.5 Å². The van der Waals surface area contributed by atoms with Crippen molar-refractivity contribution in [2.75, 3.05) is 18.0 Å². The quantitative estimate of drug-likeness (QED) is 0.675. The van der Waals surface area contributed by atoms with E-state index in [1.54, 1.807) is 18.3 Å². The van der Waals surface area contributed by atoms with Crippen molar-refractivity contribution in [2.24, 2.45) is 11.3 Å². The van der Waals surface area contributed by atoms with Crippen molar-refractivity contribution < 1.29 is 10.0 Å². The molecule has 0 bridgehead atoms. The van der Waals surface area contributed by atoms with Gasteiger partial charge in [0, 0.05) is 42.6 Å². The lowest BCUT2D eigenvalue weighted by atomic mass is 9.73. The molecule has 0 unspecified atom stereocenters. The van der Waals surface area contributed by atoms with E-state index in [4.69, 9.17) is 0 Å². The van der Waals surface area contributed by atoms with Gasteiger partial charge in [-0.25, -0.2) is 0 Å². The third-order valence-electron chi connectivity index (χ3n) is 5.00. The third kappa shape index (κ3) is 2.94. The number of pyridine rings is 1. The number of nitro groups is 1. The monoisotopic (exact) mass is 329 g/mol. The van der Waals surface area contributed by atoms with Crippen LogP contribution in [0, 0.1) is 21.4 Å². The van der Waals surface area contributed by atoms with Crippen molar-refractivity contribution in [3.05, 3.63) is 40.7 Å². The molecule has 1 aliphatic heterocycles. The Balaban J connectivity index is 1.97. The second kappa shape index (κ2) is 6.02. The number of benzene rings is 1.